The average molecular weight is 510 g/mol. The van der Waals surface area contributed by atoms with Crippen molar-refractivity contribution in [1.82, 2.24) is 10.2 Å². The summed E-state index contributed by atoms with van der Waals surface area (Å²) >= 11 is 3.36. The summed E-state index contributed by atoms with van der Waals surface area (Å²) in [6.45, 7) is 3.86. The van der Waals surface area contributed by atoms with Crippen molar-refractivity contribution in [2.24, 2.45) is 0 Å². The predicted molar refractivity (Wildman–Crippen MR) is 126 cm³/mol. The van der Waals surface area contributed by atoms with E-state index in [1.807, 2.05) is 44.2 Å². The summed E-state index contributed by atoms with van der Waals surface area (Å²) in [7, 11) is -3.75. The zero-order valence-electron chi connectivity index (χ0n) is 17.9. The molecule has 2 aromatic rings. The molecule has 2 amide bonds. The number of halogens is 1. The van der Waals surface area contributed by atoms with Gasteiger partial charge in [0.15, 0.2) is 0 Å². The fraction of sp³-hybridized carbons (Fsp3) is 0.364. The van der Waals surface area contributed by atoms with Crippen LogP contribution >= 0.6 is 15.9 Å². The van der Waals surface area contributed by atoms with Gasteiger partial charge in [-0.15, -0.1) is 0 Å². The number of hydrogen-bond acceptors (Lipinski definition) is 4. The van der Waals surface area contributed by atoms with Gasteiger partial charge in [0.2, 0.25) is 21.8 Å². The SMILES string of the molecule is CCNC(=O)C(CC)N(Cc1ccccc1)C(=O)CN(c1ccccc1Br)S(C)(=O)=O. The van der Waals surface area contributed by atoms with Gasteiger partial charge in [-0.05, 0) is 47.0 Å². The molecular weight excluding hydrogens is 482 g/mol. The zero-order valence-corrected chi connectivity index (χ0v) is 20.3. The van der Waals surface area contributed by atoms with Crippen molar-refractivity contribution in [2.45, 2.75) is 32.9 Å². The Morgan fingerprint density at radius 3 is 2.19 bits per heavy atom. The summed E-state index contributed by atoms with van der Waals surface area (Å²) in [5, 5.41) is 2.77. The number of hydrogen-bond donors (Lipinski definition) is 1. The topological polar surface area (TPSA) is 86.8 Å². The molecule has 0 bridgehead atoms. The summed E-state index contributed by atoms with van der Waals surface area (Å²) in [6, 6.07) is 15.4. The summed E-state index contributed by atoms with van der Waals surface area (Å²) < 4.78 is 26.7. The van der Waals surface area contributed by atoms with E-state index in [9.17, 15) is 18.0 Å². The highest BCUT2D eigenvalue weighted by Gasteiger charge is 2.31. The molecule has 0 aromatic heterocycles. The molecule has 9 heteroatoms. The predicted octanol–water partition coefficient (Wildman–Crippen LogP) is 3.16. The van der Waals surface area contributed by atoms with Crippen LogP contribution in [0.5, 0.6) is 0 Å². The second-order valence-corrected chi connectivity index (χ2v) is 9.81. The van der Waals surface area contributed by atoms with E-state index < -0.39 is 28.5 Å². The number of carbonyl (C=O) groups excluding carboxylic acids is 2. The molecule has 0 spiro atoms. The molecule has 0 aliphatic heterocycles. The van der Waals surface area contributed by atoms with Crippen LogP contribution < -0.4 is 9.62 Å². The quantitative estimate of drug-likeness (QED) is 0.532. The van der Waals surface area contributed by atoms with Crippen LogP contribution in [-0.4, -0.2) is 50.5 Å². The monoisotopic (exact) mass is 509 g/mol. The first-order chi connectivity index (χ1) is 14.7. The van der Waals surface area contributed by atoms with Crippen molar-refractivity contribution in [3.63, 3.8) is 0 Å². The number of nitrogens with zero attached hydrogens (tertiary/aromatic N) is 2. The number of carbonyl (C=O) groups is 2. The van der Waals surface area contributed by atoms with Crippen molar-refractivity contribution in [3.8, 4) is 0 Å². The Bertz CT molecular complexity index is 999. The number of para-hydroxylation sites is 1. The molecule has 1 unspecified atom stereocenters. The smallest absolute Gasteiger partial charge is 0.244 e. The minimum atomic E-state index is -3.75. The van der Waals surface area contributed by atoms with Gasteiger partial charge in [-0.2, -0.15) is 0 Å². The summed E-state index contributed by atoms with van der Waals surface area (Å²) in [5.74, 6) is -0.718. The number of benzene rings is 2. The van der Waals surface area contributed by atoms with Crippen LogP contribution in [0.2, 0.25) is 0 Å². The second-order valence-electron chi connectivity index (χ2n) is 7.05. The van der Waals surface area contributed by atoms with Gasteiger partial charge in [-0.1, -0.05) is 49.4 Å². The van der Waals surface area contributed by atoms with E-state index in [0.717, 1.165) is 16.1 Å². The van der Waals surface area contributed by atoms with Crippen molar-refractivity contribution in [3.05, 3.63) is 64.6 Å². The molecule has 0 radical (unpaired) electrons. The minimum absolute atomic E-state index is 0.197. The third-order valence-corrected chi connectivity index (χ3v) is 6.53. The third-order valence-electron chi connectivity index (χ3n) is 4.73. The molecule has 0 heterocycles. The maximum atomic E-state index is 13.4. The first-order valence-corrected chi connectivity index (χ1v) is 12.7. The Balaban J connectivity index is 2.42. The van der Waals surface area contributed by atoms with E-state index in [2.05, 4.69) is 21.2 Å². The highest BCUT2D eigenvalue weighted by atomic mass is 79.9. The van der Waals surface area contributed by atoms with E-state index in [0.29, 0.717) is 23.1 Å². The first kappa shape index (κ1) is 24.9. The molecule has 1 atom stereocenters. The molecule has 7 nitrogen and oxygen atoms in total. The number of rotatable bonds is 10. The van der Waals surface area contributed by atoms with Crippen LogP contribution in [0.1, 0.15) is 25.8 Å². The maximum Gasteiger partial charge on any atom is 0.244 e. The van der Waals surface area contributed by atoms with Gasteiger partial charge in [0, 0.05) is 17.6 Å². The molecule has 0 saturated heterocycles. The van der Waals surface area contributed by atoms with Crippen molar-refractivity contribution < 1.29 is 18.0 Å². The third kappa shape index (κ3) is 6.80. The molecule has 0 saturated carbocycles. The summed E-state index contributed by atoms with van der Waals surface area (Å²) in [4.78, 5) is 27.5. The molecule has 2 aromatic carbocycles. The average Bonchev–Trinajstić information content (AvgIpc) is 2.72. The van der Waals surface area contributed by atoms with Crippen LogP contribution in [0.25, 0.3) is 0 Å². The van der Waals surface area contributed by atoms with E-state index >= 15 is 0 Å². The number of nitrogens with one attached hydrogen (secondary N) is 1. The van der Waals surface area contributed by atoms with Crippen molar-refractivity contribution >= 4 is 43.5 Å². The molecule has 2 rings (SSSR count). The van der Waals surface area contributed by atoms with E-state index in [1.165, 1.54) is 4.90 Å². The minimum Gasteiger partial charge on any atom is -0.355 e. The highest BCUT2D eigenvalue weighted by molar-refractivity contribution is 9.10. The number of anilines is 1. The Morgan fingerprint density at radius 1 is 1.03 bits per heavy atom. The van der Waals surface area contributed by atoms with Gasteiger partial charge in [0.25, 0.3) is 0 Å². The van der Waals surface area contributed by atoms with Crippen molar-refractivity contribution in [1.29, 1.82) is 0 Å². The summed E-state index contributed by atoms with van der Waals surface area (Å²) in [5.41, 5.74) is 1.22. The lowest BCUT2D eigenvalue weighted by Crippen LogP contribution is -2.52. The van der Waals surface area contributed by atoms with Crippen molar-refractivity contribution in [2.75, 3.05) is 23.7 Å². The number of likely N-dealkylation sites (N-methyl/N-ethyl adjacent to an activating group) is 1. The Labute approximate surface area is 192 Å². The second kappa shape index (κ2) is 11.3. The number of amides is 2. The Hall–Kier alpha value is -2.39. The first-order valence-electron chi connectivity index (χ1n) is 10.0. The van der Waals surface area contributed by atoms with Gasteiger partial charge in [0.1, 0.15) is 12.6 Å². The lowest BCUT2D eigenvalue weighted by molar-refractivity contribution is -0.140. The molecule has 0 aliphatic rings. The van der Waals surface area contributed by atoms with E-state index in [1.54, 1.807) is 24.3 Å². The summed E-state index contributed by atoms with van der Waals surface area (Å²) in [6.07, 6.45) is 1.46. The van der Waals surface area contributed by atoms with Gasteiger partial charge < -0.3 is 10.2 Å². The van der Waals surface area contributed by atoms with Gasteiger partial charge in [-0.25, -0.2) is 8.42 Å². The molecule has 0 aliphatic carbocycles. The largest absolute Gasteiger partial charge is 0.355 e. The van der Waals surface area contributed by atoms with Crippen LogP contribution in [0.4, 0.5) is 5.69 Å². The molecule has 168 valence electrons. The highest BCUT2D eigenvalue weighted by Crippen LogP contribution is 2.28. The lowest BCUT2D eigenvalue weighted by Gasteiger charge is -2.33. The van der Waals surface area contributed by atoms with Gasteiger partial charge in [0.05, 0.1) is 11.9 Å². The van der Waals surface area contributed by atoms with Crippen LogP contribution in [0, 0.1) is 0 Å². The fourth-order valence-electron chi connectivity index (χ4n) is 3.24. The van der Waals surface area contributed by atoms with Crippen LogP contribution in [0.15, 0.2) is 59.1 Å². The molecule has 31 heavy (non-hydrogen) atoms. The lowest BCUT2D eigenvalue weighted by atomic mass is 10.1. The Morgan fingerprint density at radius 2 is 1.65 bits per heavy atom. The molecule has 0 fully saturated rings. The van der Waals surface area contributed by atoms with Gasteiger partial charge >= 0.3 is 0 Å². The maximum absolute atomic E-state index is 13.4. The Kier molecular flexibility index (Phi) is 9.06. The number of sulfonamides is 1. The van der Waals surface area contributed by atoms with Gasteiger partial charge in [-0.3, -0.25) is 13.9 Å². The van der Waals surface area contributed by atoms with Crippen LogP contribution in [-0.2, 0) is 26.2 Å². The van der Waals surface area contributed by atoms with E-state index in [4.69, 9.17) is 0 Å². The normalized spacial score (nSPS) is 12.1. The zero-order chi connectivity index (χ0) is 23.0. The standard InChI is InChI=1S/C22H28BrN3O4S/c1-4-19(22(28)24-5-2)25(15-17-11-7-6-8-12-17)21(27)16-26(31(3,29)30)20-14-10-9-13-18(20)23/h6-14,19H,4-5,15-16H2,1-3H3,(H,24,28). The van der Waals surface area contributed by atoms with E-state index in [-0.39, 0.29) is 12.5 Å². The molecular formula is C22H28BrN3O4S. The van der Waals surface area contributed by atoms with Crippen LogP contribution in [0.3, 0.4) is 0 Å². The fourth-order valence-corrected chi connectivity index (χ4v) is 4.72. The molecule has 1 N–H and O–H groups in total.